The Labute approximate surface area is 145 Å². The number of carbonyl (C=O) groups is 2. The second-order valence-electron chi connectivity index (χ2n) is 6.45. The van der Waals surface area contributed by atoms with Crippen LogP contribution in [0.5, 0.6) is 0 Å². The van der Waals surface area contributed by atoms with Crippen LogP contribution in [-0.4, -0.2) is 26.2 Å². The summed E-state index contributed by atoms with van der Waals surface area (Å²) in [6.45, 7) is 0. The summed E-state index contributed by atoms with van der Waals surface area (Å²) in [5.74, 6) is -0.810. The zero-order chi connectivity index (χ0) is 17.6. The Morgan fingerprint density at radius 2 is 1.40 bits per heavy atom. The lowest BCUT2D eigenvalue weighted by Gasteiger charge is -2.38. The maximum atomic E-state index is 12.9. The Kier molecular flexibility index (Phi) is 3.49. The number of hydrogen-bond acceptors (Lipinski definition) is 4. The minimum atomic E-state index is -1.04. The van der Waals surface area contributed by atoms with Gasteiger partial charge in [-0.05, 0) is 39.1 Å². The molecule has 2 bridgehead atoms. The van der Waals surface area contributed by atoms with E-state index in [9.17, 15) is 9.59 Å². The van der Waals surface area contributed by atoms with Crippen molar-refractivity contribution in [3.8, 4) is 0 Å². The summed E-state index contributed by atoms with van der Waals surface area (Å²) in [4.78, 5) is 25.0. The maximum absolute atomic E-state index is 12.9. The van der Waals surface area contributed by atoms with Crippen molar-refractivity contribution in [3.05, 3.63) is 59.7 Å². The Bertz CT molecular complexity index is 964. The second-order valence-corrected chi connectivity index (χ2v) is 6.45. The molecule has 2 aliphatic carbocycles. The largest absolute Gasteiger partial charge is 0.469 e. The van der Waals surface area contributed by atoms with Gasteiger partial charge in [0.05, 0.1) is 20.6 Å². The summed E-state index contributed by atoms with van der Waals surface area (Å²) in [5, 5.41) is 4.25. The summed E-state index contributed by atoms with van der Waals surface area (Å²) in [6, 6.07) is 16.1. The van der Waals surface area contributed by atoms with Crippen molar-refractivity contribution in [3.63, 3.8) is 0 Å². The molecule has 0 heterocycles. The molecule has 126 valence electrons. The van der Waals surface area contributed by atoms with E-state index in [1.165, 1.54) is 14.2 Å². The van der Waals surface area contributed by atoms with Gasteiger partial charge < -0.3 is 9.47 Å². The minimum absolute atomic E-state index is 0.0301. The van der Waals surface area contributed by atoms with Gasteiger partial charge >= 0.3 is 11.9 Å². The molecule has 0 radical (unpaired) electrons. The van der Waals surface area contributed by atoms with Gasteiger partial charge in [-0.25, -0.2) is 0 Å². The van der Waals surface area contributed by atoms with E-state index in [1.807, 2.05) is 36.4 Å². The van der Waals surface area contributed by atoms with Gasteiger partial charge in [-0.2, -0.15) is 0 Å². The number of carbonyl (C=O) groups excluding carboxylic acids is 2. The highest BCUT2D eigenvalue weighted by atomic mass is 16.5. The molecule has 0 saturated carbocycles. The topological polar surface area (TPSA) is 52.6 Å². The predicted molar refractivity (Wildman–Crippen MR) is 95.5 cm³/mol. The Hall–Kier alpha value is -2.88. The first-order valence-electron chi connectivity index (χ1n) is 8.20. The van der Waals surface area contributed by atoms with Crippen molar-refractivity contribution in [2.24, 2.45) is 0 Å². The first kappa shape index (κ1) is 15.6. The van der Waals surface area contributed by atoms with E-state index in [1.54, 1.807) is 0 Å². The van der Waals surface area contributed by atoms with Crippen molar-refractivity contribution in [1.82, 2.24) is 0 Å². The van der Waals surface area contributed by atoms with Crippen molar-refractivity contribution in [2.75, 3.05) is 14.2 Å². The molecule has 2 aliphatic rings. The maximum Gasteiger partial charge on any atom is 0.317 e. The number of rotatable bonds is 3. The standard InChI is InChI=1S/C21H18O4/c1-24-18(22)12-21(20(23)25-2)11-17-13-7-3-5-9-15(13)19(21)16-10-6-4-8-14(16)17/h3-10H,11-12H2,1-2H3. The summed E-state index contributed by atoms with van der Waals surface area (Å²) in [6.07, 6.45) is 0.413. The van der Waals surface area contributed by atoms with Crippen molar-refractivity contribution in [1.29, 1.82) is 0 Å². The molecule has 0 fully saturated rings. The van der Waals surface area contributed by atoms with Crippen LogP contribution in [0.25, 0.3) is 21.5 Å². The molecule has 0 spiro atoms. The Balaban J connectivity index is 2.14. The molecule has 0 amide bonds. The summed E-state index contributed by atoms with van der Waals surface area (Å²) < 4.78 is 10.0. The molecule has 0 saturated heterocycles. The fraction of sp³-hybridized carbons (Fsp3) is 0.238. The zero-order valence-corrected chi connectivity index (χ0v) is 14.2. The van der Waals surface area contributed by atoms with Crippen LogP contribution in [0.3, 0.4) is 0 Å². The molecule has 1 unspecified atom stereocenters. The summed E-state index contributed by atoms with van der Waals surface area (Å²) in [5.41, 5.74) is 0.904. The quantitative estimate of drug-likeness (QED) is 0.543. The van der Waals surface area contributed by atoms with E-state index in [0.717, 1.165) is 32.7 Å². The van der Waals surface area contributed by atoms with Gasteiger partial charge in [0.2, 0.25) is 0 Å². The molecule has 0 aliphatic heterocycles. The molecule has 4 heteroatoms. The van der Waals surface area contributed by atoms with Crippen LogP contribution in [0, 0.1) is 0 Å². The van der Waals surface area contributed by atoms with Gasteiger partial charge in [0, 0.05) is 0 Å². The highest BCUT2D eigenvalue weighted by Crippen LogP contribution is 2.50. The average Bonchev–Trinajstić information content (AvgIpc) is 2.67. The number of fused-ring (bicyclic) bond motifs is 1. The van der Waals surface area contributed by atoms with E-state index in [-0.39, 0.29) is 6.42 Å². The number of esters is 2. The SMILES string of the molecule is COC(=O)CC1(C(=O)OC)Cc2c3ccccc3c1c1ccccc21. The third-order valence-corrected chi connectivity index (χ3v) is 5.25. The number of benzene rings is 3. The Morgan fingerprint density at radius 1 is 0.880 bits per heavy atom. The van der Waals surface area contributed by atoms with Crippen LogP contribution in [0.4, 0.5) is 0 Å². The van der Waals surface area contributed by atoms with Crippen LogP contribution in [-0.2, 0) is 30.9 Å². The van der Waals surface area contributed by atoms with Crippen molar-refractivity contribution in [2.45, 2.75) is 18.3 Å². The van der Waals surface area contributed by atoms with Crippen LogP contribution in [0.2, 0.25) is 0 Å². The third-order valence-electron chi connectivity index (χ3n) is 5.25. The smallest absolute Gasteiger partial charge is 0.317 e. The van der Waals surface area contributed by atoms with Crippen LogP contribution in [0.1, 0.15) is 17.5 Å². The molecule has 0 aromatic heterocycles. The second kappa shape index (κ2) is 5.59. The third kappa shape index (κ3) is 2.07. The van der Waals surface area contributed by atoms with Gasteiger partial charge in [-0.1, -0.05) is 48.5 Å². The van der Waals surface area contributed by atoms with E-state index >= 15 is 0 Å². The fourth-order valence-corrected chi connectivity index (χ4v) is 4.23. The lowest BCUT2D eigenvalue weighted by molar-refractivity contribution is -0.154. The molecule has 0 N–H and O–H groups in total. The molecular formula is C21H18O4. The molecular weight excluding hydrogens is 316 g/mol. The average molecular weight is 334 g/mol. The van der Waals surface area contributed by atoms with Gasteiger partial charge in [0.1, 0.15) is 5.41 Å². The summed E-state index contributed by atoms with van der Waals surface area (Å²) in [7, 11) is 2.71. The Morgan fingerprint density at radius 3 is 1.88 bits per heavy atom. The molecule has 3 aromatic carbocycles. The normalized spacial score (nSPS) is 18.5. The van der Waals surface area contributed by atoms with Gasteiger partial charge in [-0.3, -0.25) is 9.59 Å². The lowest BCUT2D eigenvalue weighted by Crippen LogP contribution is -2.44. The number of methoxy groups -OCH3 is 2. The van der Waals surface area contributed by atoms with E-state index in [4.69, 9.17) is 9.47 Å². The predicted octanol–water partition coefficient (Wildman–Crippen LogP) is 3.52. The zero-order valence-electron chi connectivity index (χ0n) is 14.2. The number of hydrogen-bond donors (Lipinski definition) is 0. The molecule has 4 nitrogen and oxygen atoms in total. The minimum Gasteiger partial charge on any atom is -0.469 e. The lowest BCUT2D eigenvalue weighted by atomic mass is 9.63. The van der Waals surface area contributed by atoms with E-state index < -0.39 is 17.4 Å². The highest BCUT2D eigenvalue weighted by Gasteiger charge is 2.49. The number of ether oxygens (including phenoxy) is 2. The molecule has 3 aromatic rings. The molecule has 5 rings (SSSR count). The highest BCUT2D eigenvalue weighted by molar-refractivity contribution is 6.13. The van der Waals surface area contributed by atoms with Gasteiger partial charge in [0.25, 0.3) is 0 Å². The fourth-order valence-electron chi connectivity index (χ4n) is 4.23. The van der Waals surface area contributed by atoms with E-state index in [2.05, 4.69) is 12.1 Å². The van der Waals surface area contributed by atoms with Gasteiger partial charge in [0.15, 0.2) is 0 Å². The first-order valence-corrected chi connectivity index (χ1v) is 8.20. The molecule has 1 atom stereocenters. The van der Waals surface area contributed by atoms with Crippen LogP contribution < -0.4 is 0 Å². The first-order chi connectivity index (χ1) is 12.1. The van der Waals surface area contributed by atoms with Crippen molar-refractivity contribution >= 4 is 33.5 Å². The van der Waals surface area contributed by atoms with Crippen molar-refractivity contribution < 1.29 is 19.1 Å². The monoisotopic (exact) mass is 334 g/mol. The van der Waals surface area contributed by atoms with E-state index in [0.29, 0.717) is 6.42 Å². The van der Waals surface area contributed by atoms with Gasteiger partial charge in [-0.15, -0.1) is 0 Å². The molecule has 25 heavy (non-hydrogen) atoms. The summed E-state index contributed by atoms with van der Waals surface area (Å²) >= 11 is 0. The van der Waals surface area contributed by atoms with Crippen LogP contribution in [0.15, 0.2) is 48.5 Å². The van der Waals surface area contributed by atoms with Crippen LogP contribution >= 0.6 is 0 Å².